The first-order chi connectivity index (χ1) is 35.7. The lowest BCUT2D eigenvalue weighted by Gasteiger charge is -2.27. The van der Waals surface area contributed by atoms with E-state index in [4.69, 9.17) is 10.2 Å². The second-order valence-corrected chi connectivity index (χ2v) is 23.8. The Morgan fingerprint density at radius 1 is 0.479 bits per heavy atom. The van der Waals surface area contributed by atoms with Gasteiger partial charge in [-0.1, -0.05) is 172 Å². The Balaban J connectivity index is 0.000000244. The van der Waals surface area contributed by atoms with Gasteiger partial charge in [0.25, 0.3) is 0 Å². The van der Waals surface area contributed by atoms with Crippen molar-refractivity contribution >= 4 is 6.29 Å². The van der Waals surface area contributed by atoms with E-state index in [9.17, 15) is 4.79 Å². The second kappa shape index (κ2) is 42.3. The second-order valence-electron chi connectivity index (χ2n) is 23.8. The van der Waals surface area contributed by atoms with Crippen LogP contribution in [-0.2, 0) is 4.79 Å². The molecule has 0 spiro atoms. The van der Waals surface area contributed by atoms with Crippen molar-refractivity contribution in [1.82, 2.24) is 19.6 Å². The summed E-state index contributed by atoms with van der Waals surface area (Å²) in [6.45, 7) is 16.3. The van der Waals surface area contributed by atoms with E-state index in [2.05, 4.69) is 101 Å². The van der Waals surface area contributed by atoms with Gasteiger partial charge in [0.2, 0.25) is 0 Å². The molecule has 0 aromatic rings. The van der Waals surface area contributed by atoms with Crippen molar-refractivity contribution in [2.45, 2.75) is 231 Å². The number of carbonyl (C=O) groups excluding carboxylic acids is 1. The summed E-state index contributed by atoms with van der Waals surface area (Å²) in [5, 5.41) is 17.3. The number of aliphatic hydroxyl groups is 2. The molecule has 4 aliphatic carbocycles. The minimum atomic E-state index is 0.150. The number of hydrogen-bond donors (Lipinski definition) is 2. The summed E-state index contributed by atoms with van der Waals surface area (Å²) in [7, 11) is 8.85. The first-order valence-corrected chi connectivity index (χ1v) is 30.7. The highest BCUT2D eigenvalue weighted by Crippen LogP contribution is 2.40. The predicted molar refractivity (Wildman–Crippen MR) is 310 cm³/mol. The Morgan fingerprint density at radius 3 is 1.26 bits per heavy atom. The molecule has 7 unspecified atom stereocenters. The van der Waals surface area contributed by atoms with Crippen LogP contribution in [0.25, 0.3) is 0 Å². The largest absolute Gasteiger partial charge is 0.513 e. The fraction of sp³-hybridized carbons (Fsp3) is 0.818. The summed E-state index contributed by atoms with van der Waals surface area (Å²) >= 11 is 0. The number of carbonyl (C=O) groups is 1. The summed E-state index contributed by atoms with van der Waals surface area (Å²) in [6, 6.07) is 0.150. The summed E-state index contributed by atoms with van der Waals surface area (Å²) in [5.74, 6) is 5.75. The number of rotatable bonds is 10. The van der Waals surface area contributed by atoms with Gasteiger partial charge in [-0.25, -0.2) is 0 Å². The van der Waals surface area contributed by atoms with E-state index < -0.39 is 0 Å². The van der Waals surface area contributed by atoms with Gasteiger partial charge in [-0.05, 0) is 176 Å². The maximum Gasteiger partial charge on any atom is 0.156 e. The molecule has 414 valence electrons. The van der Waals surface area contributed by atoms with Gasteiger partial charge in [0.1, 0.15) is 0 Å². The third-order valence-electron chi connectivity index (χ3n) is 17.4. The number of aliphatic hydroxyl groups excluding tert-OH is 2. The summed E-state index contributed by atoms with van der Waals surface area (Å²) in [5.41, 5.74) is 19.2. The van der Waals surface area contributed by atoms with Gasteiger partial charge >= 0.3 is 0 Å². The van der Waals surface area contributed by atoms with Gasteiger partial charge in [0.15, 0.2) is 6.29 Å². The van der Waals surface area contributed by atoms with Crippen molar-refractivity contribution in [1.29, 1.82) is 0 Å². The maximum atomic E-state index is 11.6. The van der Waals surface area contributed by atoms with Crippen molar-refractivity contribution in [3.8, 4) is 0 Å². The molecule has 8 rings (SSSR count). The van der Waals surface area contributed by atoms with Crippen LogP contribution in [0.3, 0.4) is 0 Å². The molecule has 8 aliphatic rings. The Morgan fingerprint density at radius 2 is 0.863 bits per heavy atom. The number of likely N-dealkylation sites (tertiary alicyclic amines) is 4. The van der Waals surface area contributed by atoms with Crippen LogP contribution < -0.4 is 0 Å². The van der Waals surface area contributed by atoms with Crippen molar-refractivity contribution in [3.63, 3.8) is 0 Å². The highest BCUT2D eigenvalue weighted by atomic mass is 16.3. The SMILES string of the molecule is C1CCCCCCC1.C=C(O)CCCCCCCCO.C=C=C=C=C=C=C=C=C(C=O)C1C2CCCCCCC2CN1C.CN1CC2CCCCCCC2C1.CN1CC2CCCCCCC2C1.CN1CCCC1. The quantitative estimate of drug-likeness (QED) is 0.0743. The lowest BCUT2D eigenvalue weighted by Crippen LogP contribution is -2.32. The molecular weight excluding hydrogens is 897 g/mol. The Bertz CT molecular complexity index is 1640. The van der Waals surface area contributed by atoms with Crippen LogP contribution >= 0.6 is 0 Å². The topological polar surface area (TPSA) is 70.5 Å². The molecule has 2 N–H and O–H groups in total. The van der Waals surface area contributed by atoms with Crippen LogP contribution in [0.4, 0.5) is 0 Å². The van der Waals surface area contributed by atoms with Gasteiger partial charge in [0, 0.05) is 51.8 Å². The molecule has 0 aromatic carbocycles. The molecule has 4 saturated heterocycles. The smallest absolute Gasteiger partial charge is 0.156 e. The van der Waals surface area contributed by atoms with Crippen molar-refractivity contribution in [2.24, 2.45) is 35.5 Å². The minimum absolute atomic E-state index is 0.150. The third-order valence-corrected chi connectivity index (χ3v) is 17.4. The standard InChI is InChI=1S/C21H23NO.2C11H21N.C10H20O2.C8H16.C5H11N/c1-3-4-5-6-7-11-14-19(17-23)21-20-15-12-9-8-10-13-18(20)16-22(21)2;2*1-12-8-10-6-4-2-3-5-7-11(10)9-12;1-10(12)8-6-4-2-3-5-7-9-11;1-2-4-6-8-7-5-3-1;1-6-4-2-3-5-6/h17-18,20-21H,1,8-10,12-13,15-16H2,2H3;2*10-11H,2-9H2,1H3;11-12H,1-9H2;1-8H2;2-5H2,1H3. The fourth-order valence-corrected chi connectivity index (χ4v) is 13.4. The average molecular weight is 1010 g/mol. The molecule has 4 saturated carbocycles. The molecule has 0 radical (unpaired) electrons. The summed E-state index contributed by atoms with van der Waals surface area (Å²) < 4.78 is 0. The fourth-order valence-electron chi connectivity index (χ4n) is 13.4. The van der Waals surface area contributed by atoms with Crippen LogP contribution in [0.5, 0.6) is 0 Å². The van der Waals surface area contributed by atoms with Crippen LogP contribution in [-0.4, -0.2) is 123 Å². The van der Waals surface area contributed by atoms with E-state index in [0.29, 0.717) is 29.8 Å². The third kappa shape index (κ3) is 29.9. The number of aldehydes is 1. The number of unbranched alkanes of at least 4 members (excludes halogenated alkanes) is 5. The minimum Gasteiger partial charge on any atom is -0.513 e. The predicted octanol–water partition coefficient (Wildman–Crippen LogP) is 15.4. The monoisotopic (exact) mass is 1010 g/mol. The van der Waals surface area contributed by atoms with E-state index in [1.165, 1.54) is 232 Å². The Labute approximate surface area is 450 Å². The van der Waals surface area contributed by atoms with Gasteiger partial charge in [-0.2, -0.15) is 0 Å². The van der Waals surface area contributed by atoms with Crippen LogP contribution in [0.15, 0.2) is 64.6 Å². The van der Waals surface area contributed by atoms with E-state index >= 15 is 0 Å². The average Bonchev–Trinajstić information content (AvgIpc) is 4.13. The highest BCUT2D eigenvalue weighted by Gasteiger charge is 2.41. The maximum absolute atomic E-state index is 11.6. The highest BCUT2D eigenvalue weighted by molar-refractivity contribution is 5.75. The summed E-state index contributed by atoms with van der Waals surface area (Å²) in [6.07, 6.45) is 48.8. The molecule has 0 bridgehead atoms. The van der Waals surface area contributed by atoms with Crippen LogP contribution in [0.2, 0.25) is 0 Å². The van der Waals surface area contributed by atoms with Crippen molar-refractivity contribution in [2.75, 3.05) is 80.6 Å². The molecule has 7 atom stereocenters. The number of hydrogen-bond acceptors (Lipinski definition) is 7. The van der Waals surface area contributed by atoms with E-state index in [1.807, 2.05) is 0 Å². The normalized spacial score (nSPS) is 27.4. The van der Waals surface area contributed by atoms with Gasteiger partial charge < -0.3 is 24.9 Å². The first-order valence-electron chi connectivity index (χ1n) is 30.7. The number of nitrogens with zero attached hydrogens (tertiary/aromatic N) is 4. The molecule has 7 nitrogen and oxygen atoms in total. The van der Waals surface area contributed by atoms with Gasteiger partial charge in [-0.15, -0.1) is 0 Å². The number of likely N-dealkylation sites (N-methyl/N-ethyl adjacent to an activating group) is 1. The van der Waals surface area contributed by atoms with Crippen molar-refractivity contribution < 1.29 is 15.0 Å². The molecule has 7 heteroatoms. The lowest BCUT2D eigenvalue weighted by atomic mass is 9.79. The Kier molecular flexibility index (Phi) is 37.4. The molecule has 4 heterocycles. The molecule has 73 heavy (non-hydrogen) atoms. The van der Waals surface area contributed by atoms with Crippen LogP contribution in [0.1, 0.15) is 225 Å². The summed E-state index contributed by atoms with van der Waals surface area (Å²) in [4.78, 5) is 21.3. The number of allylic oxidation sites excluding steroid dienone is 1. The van der Waals surface area contributed by atoms with Gasteiger partial charge in [-0.3, -0.25) is 9.69 Å². The van der Waals surface area contributed by atoms with E-state index in [1.54, 1.807) is 0 Å². The van der Waals surface area contributed by atoms with E-state index in [0.717, 1.165) is 68.6 Å². The van der Waals surface area contributed by atoms with Crippen molar-refractivity contribution in [3.05, 3.63) is 64.6 Å². The Hall–Kier alpha value is -2.79. The zero-order chi connectivity index (χ0) is 52.6. The van der Waals surface area contributed by atoms with Gasteiger partial charge in [0.05, 0.1) is 11.3 Å². The molecule has 8 fully saturated rings. The molecule has 0 aromatic heterocycles. The zero-order valence-corrected chi connectivity index (χ0v) is 48.0. The van der Waals surface area contributed by atoms with E-state index in [-0.39, 0.29) is 6.04 Å². The number of fused-ring (bicyclic) bond motifs is 3. The molecule has 0 amide bonds. The molecule has 4 aliphatic heterocycles. The lowest BCUT2D eigenvalue weighted by molar-refractivity contribution is -0.105. The first kappa shape index (κ1) is 64.5. The molecular formula is C66H112N4O3. The zero-order valence-electron chi connectivity index (χ0n) is 48.0. The van der Waals surface area contributed by atoms with Crippen LogP contribution in [0, 0.1) is 35.5 Å².